The number of aryl methyl sites for hydroxylation is 1. The molecule has 0 aliphatic carbocycles. The van der Waals surface area contributed by atoms with Gasteiger partial charge in [-0.3, -0.25) is 15.0 Å². The fraction of sp³-hybridized carbons (Fsp3) is 0.0526. The Bertz CT molecular complexity index is 1490. The fourth-order valence-corrected chi connectivity index (χ4v) is 4.06. The number of rotatable bonds is 1. The molecule has 2 aromatic carbocycles. The van der Waals surface area contributed by atoms with E-state index in [0.717, 1.165) is 15.6 Å². The lowest BCUT2D eigenvalue weighted by atomic mass is 9.95. The van der Waals surface area contributed by atoms with Gasteiger partial charge in [-0.1, -0.05) is 6.07 Å². The SMILES string of the molecule is Cc1cc2c([nH]n1)c(Br)cc1c(-c3ccc(F)c4[nH]ncc34)c(N)c(=O)nc12. The summed E-state index contributed by atoms with van der Waals surface area (Å²) in [4.78, 5) is 16.8. The molecule has 0 unspecified atom stereocenters. The minimum atomic E-state index is -0.540. The number of aromatic nitrogens is 5. The number of aromatic amines is 2. The summed E-state index contributed by atoms with van der Waals surface area (Å²) in [6.07, 6.45) is 1.52. The van der Waals surface area contributed by atoms with E-state index in [-0.39, 0.29) is 11.2 Å². The number of nitrogens with zero attached hydrogens (tertiary/aromatic N) is 3. The van der Waals surface area contributed by atoms with Crippen LogP contribution in [-0.4, -0.2) is 25.4 Å². The lowest BCUT2D eigenvalue weighted by Gasteiger charge is -2.13. The zero-order chi connectivity index (χ0) is 19.6. The summed E-state index contributed by atoms with van der Waals surface area (Å²) in [5.41, 5.74) is 8.95. The predicted molar refractivity (Wildman–Crippen MR) is 110 cm³/mol. The molecule has 0 radical (unpaired) electrons. The van der Waals surface area contributed by atoms with Crippen molar-refractivity contribution in [3.8, 4) is 11.1 Å². The second-order valence-electron chi connectivity index (χ2n) is 6.51. The third kappa shape index (κ3) is 2.26. The van der Waals surface area contributed by atoms with Gasteiger partial charge in [0.2, 0.25) is 0 Å². The molecule has 138 valence electrons. The van der Waals surface area contributed by atoms with Gasteiger partial charge in [0, 0.05) is 26.2 Å². The van der Waals surface area contributed by atoms with Crippen molar-refractivity contribution in [2.24, 2.45) is 0 Å². The van der Waals surface area contributed by atoms with Crippen molar-refractivity contribution in [3.63, 3.8) is 0 Å². The zero-order valence-electron chi connectivity index (χ0n) is 14.5. The summed E-state index contributed by atoms with van der Waals surface area (Å²) in [5.74, 6) is -0.432. The second-order valence-corrected chi connectivity index (χ2v) is 7.37. The van der Waals surface area contributed by atoms with E-state index in [1.807, 2.05) is 19.1 Å². The molecule has 3 aromatic heterocycles. The molecule has 28 heavy (non-hydrogen) atoms. The number of halogens is 2. The normalized spacial score (nSPS) is 11.7. The van der Waals surface area contributed by atoms with Crippen LogP contribution in [0, 0.1) is 12.7 Å². The number of H-pyrrole nitrogens is 2. The Morgan fingerprint density at radius 1 is 1.11 bits per heavy atom. The van der Waals surface area contributed by atoms with E-state index in [4.69, 9.17) is 5.73 Å². The summed E-state index contributed by atoms with van der Waals surface area (Å²) >= 11 is 3.55. The highest BCUT2D eigenvalue weighted by Crippen LogP contribution is 2.39. The lowest BCUT2D eigenvalue weighted by molar-refractivity contribution is 0.636. The Morgan fingerprint density at radius 2 is 1.93 bits per heavy atom. The van der Waals surface area contributed by atoms with E-state index in [1.54, 1.807) is 6.07 Å². The lowest BCUT2D eigenvalue weighted by Crippen LogP contribution is -2.14. The van der Waals surface area contributed by atoms with E-state index >= 15 is 0 Å². The Labute approximate surface area is 164 Å². The Morgan fingerprint density at radius 3 is 2.75 bits per heavy atom. The third-order valence-electron chi connectivity index (χ3n) is 4.80. The average Bonchev–Trinajstić information content (AvgIpc) is 3.16. The van der Waals surface area contributed by atoms with E-state index < -0.39 is 11.4 Å². The van der Waals surface area contributed by atoms with E-state index in [0.29, 0.717) is 32.9 Å². The van der Waals surface area contributed by atoms with Gasteiger partial charge < -0.3 is 5.73 Å². The molecule has 0 saturated carbocycles. The van der Waals surface area contributed by atoms with Gasteiger partial charge in [-0.15, -0.1) is 0 Å². The van der Waals surface area contributed by atoms with Gasteiger partial charge in [0.05, 0.1) is 22.9 Å². The summed E-state index contributed by atoms with van der Waals surface area (Å²) in [7, 11) is 0. The first kappa shape index (κ1) is 16.8. The van der Waals surface area contributed by atoms with Crippen LogP contribution in [0.5, 0.6) is 0 Å². The molecule has 0 saturated heterocycles. The van der Waals surface area contributed by atoms with Gasteiger partial charge >= 0.3 is 0 Å². The Balaban J connectivity index is 2.03. The highest BCUT2D eigenvalue weighted by atomic mass is 79.9. The van der Waals surface area contributed by atoms with Gasteiger partial charge in [0.15, 0.2) is 0 Å². The van der Waals surface area contributed by atoms with Crippen molar-refractivity contribution >= 4 is 54.3 Å². The average molecular weight is 439 g/mol. The van der Waals surface area contributed by atoms with Crippen LogP contribution < -0.4 is 11.3 Å². The predicted octanol–water partition coefficient (Wildman–Crippen LogP) is 3.81. The molecule has 0 aliphatic heterocycles. The molecular formula is C19H12BrFN6O. The van der Waals surface area contributed by atoms with Gasteiger partial charge in [-0.25, -0.2) is 9.37 Å². The molecular weight excluding hydrogens is 427 g/mol. The number of hydrogen-bond donors (Lipinski definition) is 3. The molecule has 0 aliphatic rings. The van der Waals surface area contributed by atoms with Crippen molar-refractivity contribution < 1.29 is 4.39 Å². The number of benzene rings is 2. The largest absolute Gasteiger partial charge is 0.394 e. The second kappa shape index (κ2) is 5.83. The highest BCUT2D eigenvalue weighted by molar-refractivity contribution is 9.10. The number of anilines is 1. The van der Waals surface area contributed by atoms with Gasteiger partial charge in [0.25, 0.3) is 5.56 Å². The molecule has 5 rings (SSSR count). The number of pyridine rings is 1. The van der Waals surface area contributed by atoms with Crippen molar-refractivity contribution in [3.05, 3.63) is 56.8 Å². The molecule has 0 bridgehead atoms. The fourth-order valence-electron chi connectivity index (χ4n) is 3.53. The molecule has 9 heteroatoms. The topological polar surface area (TPSA) is 113 Å². The number of nitrogen functional groups attached to an aromatic ring is 1. The molecule has 7 nitrogen and oxygen atoms in total. The van der Waals surface area contributed by atoms with Crippen LogP contribution in [0.2, 0.25) is 0 Å². The van der Waals surface area contributed by atoms with Gasteiger partial charge in [-0.2, -0.15) is 10.2 Å². The summed E-state index contributed by atoms with van der Waals surface area (Å²) < 4.78 is 14.9. The quantitative estimate of drug-likeness (QED) is 0.344. The number of nitrogens with two attached hydrogens (primary N) is 1. The molecule has 4 N–H and O–H groups in total. The molecule has 5 aromatic rings. The summed E-state index contributed by atoms with van der Waals surface area (Å²) in [6, 6.07) is 6.60. The van der Waals surface area contributed by atoms with E-state index in [9.17, 15) is 9.18 Å². The Kier molecular flexibility index (Phi) is 3.50. The monoisotopic (exact) mass is 438 g/mol. The van der Waals surface area contributed by atoms with Crippen molar-refractivity contribution in [2.75, 3.05) is 5.73 Å². The molecule has 0 spiro atoms. The third-order valence-corrected chi connectivity index (χ3v) is 5.43. The number of nitrogens with one attached hydrogen (secondary N) is 2. The first-order chi connectivity index (χ1) is 13.5. The van der Waals surface area contributed by atoms with Crippen LogP contribution in [-0.2, 0) is 0 Å². The molecule has 3 heterocycles. The first-order valence-corrected chi connectivity index (χ1v) is 9.14. The molecule has 0 atom stereocenters. The minimum Gasteiger partial charge on any atom is -0.394 e. The minimum absolute atomic E-state index is 0.00242. The highest BCUT2D eigenvalue weighted by Gasteiger charge is 2.20. The van der Waals surface area contributed by atoms with E-state index in [1.165, 1.54) is 12.3 Å². The summed E-state index contributed by atoms with van der Waals surface area (Å²) in [6.45, 7) is 1.84. The van der Waals surface area contributed by atoms with Gasteiger partial charge in [-0.05, 0) is 46.6 Å². The standard InChI is InChI=1S/C19H12BrFN6O/c1-7-4-10-16-9(5-12(20)17(10)27-25-7)14(15(22)19(28)24-16)8-2-3-13(21)18-11(8)6-23-26-18/h2-6,27H,22H2,1H3,(H,23,26). The smallest absolute Gasteiger partial charge is 0.294 e. The van der Waals surface area contributed by atoms with Crippen LogP contribution in [0.1, 0.15) is 5.69 Å². The first-order valence-electron chi connectivity index (χ1n) is 8.35. The Hall–Kier alpha value is -3.33. The number of hydrogen-bond acceptors (Lipinski definition) is 5. The van der Waals surface area contributed by atoms with Crippen LogP contribution in [0.3, 0.4) is 0 Å². The van der Waals surface area contributed by atoms with Crippen LogP contribution in [0.4, 0.5) is 10.1 Å². The maximum Gasteiger partial charge on any atom is 0.294 e. The van der Waals surface area contributed by atoms with Crippen molar-refractivity contribution in [1.29, 1.82) is 0 Å². The van der Waals surface area contributed by atoms with Gasteiger partial charge in [0.1, 0.15) is 17.0 Å². The van der Waals surface area contributed by atoms with Crippen molar-refractivity contribution in [2.45, 2.75) is 6.92 Å². The van der Waals surface area contributed by atoms with E-state index in [2.05, 4.69) is 41.3 Å². The van der Waals surface area contributed by atoms with Crippen molar-refractivity contribution in [1.82, 2.24) is 25.4 Å². The zero-order valence-corrected chi connectivity index (χ0v) is 16.1. The van der Waals surface area contributed by atoms with Crippen LogP contribution in [0.25, 0.3) is 43.8 Å². The maximum atomic E-state index is 14.1. The molecule has 0 amide bonds. The number of fused-ring (bicyclic) bond motifs is 4. The maximum absolute atomic E-state index is 14.1. The van der Waals surface area contributed by atoms with Crippen LogP contribution >= 0.6 is 15.9 Å². The van der Waals surface area contributed by atoms with Crippen LogP contribution in [0.15, 0.2) is 39.7 Å². The molecule has 0 fully saturated rings. The summed E-state index contributed by atoms with van der Waals surface area (Å²) in [5, 5.41) is 15.7.